The molecule has 0 aliphatic heterocycles. The fourth-order valence-corrected chi connectivity index (χ4v) is 2.37. The summed E-state index contributed by atoms with van der Waals surface area (Å²) in [7, 11) is 1.76. The molecule has 20 heavy (non-hydrogen) atoms. The molecule has 0 aromatic heterocycles. The Kier molecular flexibility index (Phi) is 9.75. The van der Waals surface area contributed by atoms with Crippen LogP contribution in [0, 0.1) is 5.92 Å². The van der Waals surface area contributed by atoms with Crippen LogP contribution in [-0.4, -0.2) is 13.7 Å². The van der Waals surface area contributed by atoms with Gasteiger partial charge < -0.3 is 4.74 Å². The van der Waals surface area contributed by atoms with Crippen LogP contribution in [0.4, 0.5) is 0 Å². The van der Waals surface area contributed by atoms with Gasteiger partial charge in [-0.05, 0) is 42.6 Å². The second kappa shape index (κ2) is 10.4. The molecule has 0 saturated carbocycles. The highest BCUT2D eigenvalue weighted by Crippen LogP contribution is 2.38. The number of ether oxygens (including phenoxy) is 1. The zero-order chi connectivity index (χ0) is 15.5. The summed E-state index contributed by atoms with van der Waals surface area (Å²) in [6, 6.07) is 0. The molecule has 0 bridgehead atoms. The van der Waals surface area contributed by atoms with Crippen molar-refractivity contribution in [2.75, 3.05) is 13.7 Å². The molecule has 1 nitrogen and oxygen atoms in total. The molecular formula is C19H30O. The summed E-state index contributed by atoms with van der Waals surface area (Å²) in [4.78, 5) is 0. The van der Waals surface area contributed by atoms with Gasteiger partial charge in [0.25, 0.3) is 0 Å². The Balaban J connectivity index is 0.00000172. The summed E-state index contributed by atoms with van der Waals surface area (Å²) in [5.74, 6) is 0.356. The maximum Gasteiger partial charge on any atom is 0.0571 e. The normalized spacial score (nSPS) is 19.0. The summed E-state index contributed by atoms with van der Waals surface area (Å²) in [5.41, 5.74) is 5.49. The molecule has 0 amide bonds. The molecule has 0 aromatic rings. The van der Waals surface area contributed by atoms with Crippen LogP contribution in [0.15, 0.2) is 59.3 Å². The molecule has 0 N–H and O–H groups in total. The van der Waals surface area contributed by atoms with E-state index in [0.29, 0.717) is 5.92 Å². The van der Waals surface area contributed by atoms with Crippen LogP contribution >= 0.6 is 0 Å². The van der Waals surface area contributed by atoms with Crippen LogP contribution in [0.1, 0.15) is 41.0 Å². The van der Waals surface area contributed by atoms with Crippen molar-refractivity contribution < 1.29 is 4.74 Å². The van der Waals surface area contributed by atoms with Gasteiger partial charge in [-0.3, -0.25) is 0 Å². The van der Waals surface area contributed by atoms with Crippen LogP contribution < -0.4 is 0 Å². The molecule has 0 fully saturated rings. The number of hydrogen-bond donors (Lipinski definition) is 0. The van der Waals surface area contributed by atoms with Crippen LogP contribution in [0.25, 0.3) is 0 Å². The summed E-state index contributed by atoms with van der Waals surface area (Å²) in [6.45, 7) is 15.0. The second-order valence-electron chi connectivity index (χ2n) is 4.57. The van der Waals surface area contributed by atoms with Gasteiger partial charge in [0.15, 0.2) is 0 Å². The van der Waals surface area contributed by atoms with Gasteiger partial charge in [-0.1, -0.05) is 57.7 Å². The standard InChI is InChI=1S/C17H24O.C2H6/c1-6-8-10-15-13(3)14(4)16(11-9-7-2)17(15)12-18-5;1-2/h6,8-11,17H,1,7,12H2,2-5H3;1-2H3/b10-8-,11-9-;. The first-order chi connectivity index (χ1) is 9.67. The van der Waals surface area contributed by atoms with Gasteiger partial charge >= 0.3 is 0 Å². The zero-order valence-corrected chi connectivity index (χ0v) is 14.0. The quantitative estimate of drug-likeness (QED) is 0.570. The van der Waals surface area contributed by atoms with Crippen molar-refractivity contribution in [3.63, 3.8) is 0 Å². The summed E-state index contributed by atoms with van der Waals surface area (Å²) < 4.78 is 5.38. The molecule has 1 aliphatic rings. The fourth-order valence-electron chi connectivity index (χ4n) is 2.37. The van der Waals surface area contributed by atoms with Crippen LogP contribution in [0.5, 0.6) is 0 Å². The highest BCUT2D eigenvalue weighted by atomic mass is 16.5. The maximum absolute atomic E-state index is 5.38. The van der Waals surface area contributed by atoms with E-state index in [1.807, 2.05) is 26.0 Å². The average Bonchev–Trinajstić information content (AvgIpc) is 2.69. The maximum atomic E-state index is 5.38. The number of allylic oxidation sites excluding steroid dienone is 7. The predicted molar refractivity (Wildman–Crippen MR) is 90.9 cm³/mol. The van der Waals surface area contributed by atoms with Crippen LogP contribution in [-0.2, 0) is 4.74 Å². The third kappa shape index (κ3) is 4.64. The molecule has 112 valence electrons. The molecule has 1 aliphatic carbocycles. The molecule has 0 radical (unpaired) electrons. The van der Waals surface area contributed by atoms with Crippen molar-refractivity contribution in [3.8, 4) is 0 Å². The molecular weight excluding hydrogens is 244 g/mol. The highest BCUT2D eigenvalue weighted by molar-refractivity contribution is 5.55. The van der Waals surface area contributed by atoms with Crippen molar-refractivity contribution in [1.29, 1.82) is 0 Å². The molecule has 1 rings (SSSR count). The minimum atomic E-state index is 0.356. The minimum Gasteiger partial charge on any atom is -0.384 e. The van der Waals surface area contributed by atoms with Crippen molar-refractivity contribution >= 4 is 0 Å². The van der Waals surface area contributed by atoms with Crippen molar-refractivity contribution in [2.45, 2.75) is 41.0 Å². The Morgan fingerprint density at radius 1 is 1.10 bits per heavy atom. The molecule has 0 saturated heterocycles. The van der Waals surface area contributed by atoms with Crippen molar-refractivity contribution in [2.24, 2.45) is 5.92 Å². The van der Waals surface area contributed by atoms with E-state index in [4.69, 9.17) is 4.74 Å². The van der Waals surface area contributed by atoms with E-state index in [-0.39, 0.29) is 0 Å². The largest absolute Gasteiger partial charge is 0.384 e. The predicted octanol–water partition coefficient (Wildman–Crippen LogP) is 5.63. The van der Waals surface area contributed by atoms with Gasteiger partial charge in [0.2, 0.25) is 0 Å². The minimum absolute atomic E-state index is 0.356. The molecule has 1 heteroatoms. The Labute approximate surface area is 125 Å². The van der Waals surface area contributed by atoms with Gasteiger partial charge in [-0.2, -0.15) is 0 Å². The Bertz CT molecular complexity index is 416. The molecule has 0 heterocycles. The van der Waals surface area contributed by atoms with Gasteiger partial charge in [-0.15, -0.1) is 0 Å². The van der Waals surface area contributed by atoms with Gasteiger partial charge in [0.1, 0.15) is 0 Å². The van der Waals surface area contributed by atoms with Gasteiger partial charge in [-0.25, -0.2) is 0 Å². The van der Waals surface area contributed by atoms with Crippen LogP contribution in [0.2, 0.25) is 0 Å². The number of rotatable bonds is 6. The summed E-state index contributed by atoms with van der Waals surface area (Å²) in [5, 5.41) is 0. The third-order valence-corrected chi connectivity index (χ3v) is 3.46. The Hall–Kier alpha value is -1.34. The fraction of sp³-hybridized carbons (Fsp3) is 0.474. The zero-order valence-electron chi connectivity index (χ0n) is 14.0. The van der Waals surface area contributed by atoms with E-state index in [9.17, 15) is 0 Å². The molecule has 0 spiro atoms. The van der Waals surface area contributed by atoms with E-state index in [1.54, 1.807) is 7.11 Å². The number of methoxy groups -OCH3 is 1. The average molecular weight is 274 g/mol. The molecule has 0 aromatic carbocycles. The lowest BCUT2D eigenvalue weighted by atomic mass is 9.94. The van der Waals surface area contributed by atoms with E-state index in [1.165, 1.54) is 22.3 Å². The van der Waals surface area contributed by atoms with E-state index in [2.05, 4.69) is 45.6 Å². The third-order valence-electron chi connectivity index (χ3n) is 3.46. The van der Waals surface area contributed by atoms with Crippen LogP contribution in [0.3, 0.4) is 0 Å². The smallest absolute Gasteiger partial charge is 0.0571 e. The topological polar surface area (TPSA) is 9.23 Å². The highest BCUT2D eigenvalue weighted by Gasteiger charge is 2.26. The van der Waals surface area contributed by atoms with Gasteiger partial charge in [0, 0.05) is 13.0 Å². The first-order valence-corrected chi connectivity index (χ1v) is 7.53. The lowest BCUT2D eigenvalue weighted by Gasteiger charge is -2.14. The lowest BCUT2D eigenvalue weighted by molar-refractivity contribution is 0.180. The SMILES string of the molecule is C=C/C=C\C1=C(C)C(C)=C(/C=C\CC)C1COC.CC. The van der Waals surface area contributed by atoms with Crippen molar-refractivity contribution in [3.05, 3.63) is 59.3 Å². The number of hydrogen-bond acceptors (Lipinski definition) is 1. The van der Waals surface area contributed by atoms with E-state index >= 15 is 0 Å². The second-order valence-corrected chi connectivity index (χ2v) is 4.57. The van der Waals surface area contributed by atoms with E-state index < -0.39 is 0 Å². The Morgan fingerprint density at radius 3 is 2.10 bits per heavy atom. The lowest BCUT2D eigenvalue weighted by Crippen LogP contribution is -2.09. The molecule has 1 atom stereocenters. The summed E-state index contributed by atoms with van der Waals surface area (Å²) >= 11 is 0. The van der Waals surface area contributed by atoms with Gasteiger partial charge in [0.05, 0.1) is 6.61 Å². The van der Waals surface area contributed by atoms with E-state index in [0.717, 1.165) is 13.0 Å². The monoisotopic (exact) mass is 274 g/mol. The molecule has 1 unspecified atom stereocenters. The Morgan fingerprint density at radius 2 is 1.65 bits per heavy atom. The summed E-state index contributed by atoms with van der Waals surface area (Å²) in [6.07, 6.45) is 11.5. The van der Waals surface area contributed by atoms with Crippen molar-refractivity contribution in [1.82, 2.24) is 0 Å². The first-order valence-electron chi connectivity index (χ1n) is 7.53. The first kappa shape index (κ1) is 18.7.